The van der Waals surface area contributed by atoms with Crippen LogP contribution in [0.4, 0.5) is 0 Å². The van der Waals surface area contributed by atoms with E-state index in [0.29, 0.717) is 37.7 Å². The van der Waals surface area contributed by atoms with Crippen molar-refractivity contribution in [2.45, 2.75) is 26.3 Å². The summed E-state index contributed by atoms with van der Waals surface area (Å²) in [6.07, 6.45) is 0.372. The molecular weight excluding hydrogens is 314 g/mol. The number of carbonyl (C=O) groups excluding carboxylic acids is 1. The molecule has 3 heterocycles. The SMILES string of the molecule is Cc1nc([C@@H]2COCCN2C(=O)Cc2ccc(C)s2)cc(=O)[nH]1. The van der Waals surface area contributed by atoms with Crippen LogP contribution in [0.2, 0.25) is 0 Å². The van der Waals surface area contributed by atoms with Gasteiger partial charge >= 0.3 is 0 Å². The van der Waals surface area contributed by atoms with Crippen molar-refractivity contribution < 1.29 is 9.53 Å². The molecule has 3 rings (SSSR count). The van der Waals surface area contributed by atoms with Crippen molar-refractivity contribution in [1.29, 1.82) is 0 Å². The maximum atomic E-state index is 12.7. The summed E-state index contributed by atoms with van der Waals surface area (Å²) in [5.74, 6) is 0.583. The van der Waals surface area contributed by atoms with E-state index in [1.807, 2.05) is 19.1 Å². The summed E-state index contributed by atoms with van der Waals surface area (Å²) >= 11 is 1.63. The van der Waals surface area contributed by atoms with Gasteiger partial charge < -0.3 is 14.6 Å². The van der Waals surface area contributed by atoms with Gasteiger partial charge in [0.15, 0.2) is 0 Å². The molecule has 23 heavy (non-hydrogen) atoms. The van der Waals surface area contributed by atoms with Crippen LogP contribution in [0.15, 0.2) is 23.0 Å². The molecule has 1 aliphatic rings. The fraction of sp³-hybridized carbons (Fsp3) is 0.438. The topological polar surface area (TPSA) is 75.3 Å². The number of hydrogen-bond acceptors (Lipinski definition) is 5. The lowest BCUT2D eigenvalue weighted by Crippen LogP contribution is -2.44. The molecule has 1 N–H and O–H groups in total. The van der Waals surface area contributed by atoms with Gasteiger partial charge in [0.2, 0.25) is 5.91 Å². The first-order chi connectivity index (χ1) is 11.0. The first-order valence-electron chi connectivity index (χ1n) is 7.53. The zero-order chi connectivity index (χ0) is 16.4. The second-order valence-electron chi connectivity index (χ2n) is 5.62. The Morgan fingerprint density at radius 3 is 3.00 bits per heavy atom. The van der Waals surface area contributed by atoms with Crippen LogP contribution in [0.5, 0.6) is 0 Å². The van der Waals surface area contributed by atoms with Crippen molar-refractivity contribution in [2.24, 2.45) is 0 Å². The summed E-state index contributed by atoms with van der Waals surface area (Å²) in [4.78, 5) is 35.4. The van der Waals surface area contributed by atoms with Gasteiger partial charge in [0.1, 0.15) is 5.82 Å². The molecule has 6 nitrogen and oxygen atoms in total. The number of morpholine rings is 1. The summed E-state index contributed by atoms with van der Waals surface area (Å²) in [5.41, 5.74) is 0.376. The highest BCUT2D eigenvalue weighted by atomic mass is 32.1. The van der Waals surface area contributed by atoms with Crippen LogP contribution in [-0.2, 0) is 16.0 Å². The predicted octanol–water partition coefficient (Wildman–Crippen LogP) is 1.59. The third-order valence-electron chi connectivity index (χ3n) is 3.79. The van der Waals surface area contributed by atoms with Crippen molar-refractivity contribution in [1.82, 2.24) is 14.9 Å². The molecule has 1 aliphatic heterocycles. The average Bonchev–Trinajstić information content (AvgIpc) is 2.91. The molecule has 7 heteroatoms. The van der Waals surface area contributed by atoms with Gasteiger partial charge in [0, 0.05) is 22.4 Å². The summed E-state index contributed by atoms with van der Waals surface area (Å²) in [5, 5.41) is 0. The Hall–Kier alpha value is -1.99. The van der Waals surface area contributed by atoms with E-state index in [1.54, 1.807) is 23.2 Å². The Bertz CT molecular complexity index is 768. The summed E-state index contributed by atoms with van der Waals surface area (Å²) < 4.78 is 5.51. The summed E-state index contributed by atoms with van der Waals surface area (Å²) in [6.45, 7) is 5.15. The van der Waals surface area contributed by atoms with Gasteiger partial charge in [0.05, 0.1) is 31.4 Å². The van der Waals surface area contributed by atoms with Gasteiger partial charge in [-0.15, -0.1) is 11.3 Å². The maximum Gasteiger partial charge on any atom is 0.251 e. The second kappa shape index (κ2) is 6.64. The van der Waals surface area contributed by atoms with E-state index in [0.717, 1.165) is 4.88 Å². The molecule has 0 unspecified atom stereocenters. The lowest BCUT2D eigenvalue weighted by atomic mass is 10.1. The van der Waals surface area contributed by atoms with Gasteiger partial charge in [-0.3, -0.25) is 9.59 Å². The Morgan fingerprint density at radius 1 is 1.48 bits per heavy atom. The highest BCUT2D eigenvalue weighted by Crippen LogP contribution is 2.24. The molecule has 0 spiro atoms. The van der Waals surface area contributed by atoms with Crippen LogP contribution in [0, 0.1) is 13.8 Å². The largest absolute Gasteiger partial charge is 0.377 e. The number of thiophene rings is 1. The molecule has 122 valence electrons. The van der Waals surface area contributed by atoms with E-state index in [-0.39, 0.29) is 17.5 Å². The van der Waals surface area contributed by atoms with E-state index in [2.05, 4.69) is 9.97 Å². The van der Waals surface area contributed by atoms with Crippen LogP contribution in [-0.4, -0.2) is 40.5 Å². The van der Waals surface area contributed by atoms with Gasteiger partial charge in [0.25, 0.3) is 5.56 Å². The molecule has 1 atom stereocenters. The minimum atomic E-state index is -0.307. The minimum absolute atomic E-state index is 0.0416. The first kappa shape index (κ1) is 15.9. The van der Waals surface area contributed by atoms with Gasteiger partial charge in [-0.25, -0.2) is 4.98 Å². The number of H-pyrrole nitrogens is 1. The zero-order valence-electron chi connectivity index (χ0n) is 13.2. The number of aromatic nitrogens is 2. The minimum Gasteiger partial charge on any atom is -0.377 e. The Morgan fingerprint density at radius 2 is 2.30 bits per heavy atom. The third kappa shape index (κ3) is 3.68. The highest BCUT2D eigenvalue weighted by molar-refractivity contribution is 7.12. The molecule has 1 saturated heterocycles. The number of rotatable bonds is 3. The number of ether oxygens (including phenoxy) is 1. The Kier molecular flexibility index (Phi) is 4.58. The van der Waals surface area contributed by atoms with Gasteiger partial charge in [-0.2, -0.15) is 0 Å². The average molecular weight is 333 g/mol. The summed E-state index contributed by atoms with van der Waals surface area (Å²) in [7, 11) is 0. The third-order valence-corrected chi connectivity index (χ3v) is 4.79. The number of nitrogens with zero attached hydrogens (tertiary/aromatic N) is 2. The second-order valence-corrected chi connectivity index (χ2v) is 7.00. The van der Waals surface area contributed by atoms with E-state index in [1.165, 1.54) is 10.9 Å². The lowest BCUT2D eigenvalue weighted by molar-refractivity contribution is -0.139. The normalized spacial score (nSPS) is 18.2. The zero-order valence-corrected chi connectivity index (χ0v) is 14.0. The van der Waals surface area contributed by atoms with E-state index in [4.69, 9.17) is 4.74 Å². The van der Waals surface area contributed by atoms with E-state index >= 15 is 0 Å². The van der Waals surface area contributed by atoms with Crippen LogP contribution in [0.3, 0.4) is 0 Å². The van der Waals surface area contributed by atoms with Crippen molar-refractivity contribution in [3.63, 3.8) is 0 Å². The number of amides is 1. The molecule has 2 aromatic heterocycles. The fourth-order valence-electron chi connectivity index (χ4n) is 2.75. The molecule has 0 radical (unpaired) electrons. The number of aromatic amines is 1. The number of nitrogens with one attached hydrogen (secondary N) is 1. The standard InChI is InChI=1S/C16H19N3O3S/c1-10-3-4-12(23-10)7-16(21)19-5-6-22-9-14(19)13-8-15(20)18-11(2)17-13/h3-4,8,14H,5-7,9H2,1-2H3,(H,17,18,20)/t14-/m0/s1. The molecule has 0 aliphatic carbocycles. The van der Waals surface area contributed by atoms with Crippen molar-refractivity contribution in [2.75, 3.05) is 19.8 Å². The van der Waals surface area contributed by atoms with Crippen LogP contribution in [0.25, 0.3) is 0 Å². The monoisotopic (exact) mass is 333 g/mol. The van der Waals surface area contributed by atoms with Crippen molar-refractivity contribution in [3.05, 3.63) is 49.8 Å². The number of hydrogen-bond donors (Lipinski definition) is 1. The molecule has 1 fully saturated rings. The predicted molar refractivity (Wildman–Crippen MR) is 87.6 cm³/mol. The molecule has 0 bridgehead atoms. The van der Waals surface area contributed by atoms with Crippen LogP contribution < -0.4 is 5.56 Å². The molecule has 1 amide bonds. The molecule has 0 saturated carbocycles. The first-order valence-corrected chi connectivity index (χ1v) is 8.35. The van der Waals surface area contributed by atoms with Gasteiger partial charge in [-0.1, -0.05) is 0 Å². The summed E-state index contributed by atoms with van der Waals surface area (Å²) in [6, 6.07) is 5.15. The van der Waals surface area contributed by atoms with Crippen LogP contribution >= 0.6 is 11.3 Å². The van der Waals surface area contributed by atoms with Crippen LogP contribution in [0.1, 0.15) is 27.3 Å². The van der Waals surface area contributed by atoms with E-state index in [9.17, 15) is 9.59 Å². The molecular formula is C16H19N3O3S. The highest BCUT2D eigenvalue weighted by Gasteiger charge is 2.30. The molecule has 0 aromatic carbocycles. The number of carbonyl (C=O) groups is 1. The smallest absolute Gasteiger partial charge is 0.251 e. The quantitative estimate of drug-likeness (QED) is 0.925. The molecule has 2 aromatic rings. The van der Waals surface area contributed by atoms with Crippen molar-refractivity contribution in [3.8, 4) is 0 Å². The van der Waals surface area contributed by atoms with Gasteiger partial charge in [-0.05, 0) is 26.0 Å². The van der Waals surface area contributed by atoms with E-state index < -0.39 is 0 Å². The Labute approximate surface area is 138 Å². The van der Waals surface area contributed by atoms with Crippen molar-refractivity contribution >= 4 is 17.2 Å². The lowest BCUT2D eigenvalue weighted by Gasteiger charge is -2.35. The fourth-order valence-corrected chi connectivity index (χ4v) is 3.63. The maximum absolute atomic E-state index is 12.7. The Balaban J connectivity index is 1.83. The number of aryl methyl sites for hydroxylation is 2.